The molecule has 1 aromatic heterocycles. The molecular formula is C36H28BrCl2N3O6. The maximum Gasteiger partial charge on any atom is 0.254 e. The second-order valence-electron chi connectivity index (χ2n) is 13.0. The van der Waals surface area contributed by atoms with Crippen LogP contribution < -0.4 is 4.90 Å². The third-order valence-electron chi connectivity index (χ3n) is 10.5. The summed E-state index contributed by atoms with van der Waals surface area (Å²) in [7, 11) is 0. The fraction of sp³-hybridized carbons (Fsp3) is 0.306. The minimum atomic E-state index is -1.91. The molecule has 9 nitrogen and oxygen atoms in total. The molecule has 6 atom stereocenters. The largest absolute Gasteiger partial charge is 0.507 e. The molecule has 0 unspecified atom stereocenters. The SMILES string of the molecule is Cc1cc([C@H]2C3=CC[C@@H]4C(=O)N(c5ccc(-c6nc7ccccc7o6)cc5)C(=O)[C@@H]4[C@@H]3C[C@@]3(Cl)C(=O)N(CBr)C(=O)[C@@]23Cl)cc(C)c1O. The first-order chi connectivity index (χ1) is 22.9. The average molecular weight is 749 g/mol. The molecule has 0 bridgehead atoms. The zero-order chi connectivity index (χ0) is 33.9. The molecule has 2 aliphatic heterocycles. The molecule has 2 saturated heterocycles. The van der Waals surface area contributed by atoms with Crippen LogP contribution in [0.25, 0.3) is 22.6 Å². The molecule has 4 amide bonds. The van der Waals surface area contributed by atoms with Gasteiger partial charge in [0.1, 0.15) is 11.3 Å². The van der Waals surface area contributed by atoms with E-state index in [1.165, 1.54) is 4.90 Å². The van der Waals surface area contributed by atoms with Crippen LogP contribution in [0, 0.1) is 31.6 Å². The van der Waals surface area contributed by atoms with Crippen molar-refractivity contribution in [3.05, 3.63) is 89.0 Å². The maximum absolute atomic E-state index is 14.4. The van der Waals surface area contributed by atoms with Gasteiger partial charge in [-0.05, 0) is 85.7 Å². The number of phenols is 1. The Morgan fingerprint density at radius 1 is 0.958 bits per heavy atom. The molecule has 4 aliphatic rings. The van der Waals surface area contributed by atoms with Crippen molar-refractivity contribution in [3.8, 4) is 17.2 Å². The molecule has 1 saturated carbocycles. The van der Waals surface area contributed by atoms with Crippen molar-refractivity contribution in [2.24, 2.45) is 17.8 Å². The number of fused-ring (bicyclic) bond motifs is 5. The summed E-state index contributed by atoms with van der Waals surface area (Å²) in [6.07, 6.45) is 2.04. The number of rotatable bonds is 4. The Balaban J connectivity index is 1.19. The summed E-state index contributed by atoms with van der Waals surface area (Å²) in [5.41, 5.74) is 4.78. The van der Waals surface area contributed by atoms with E-state index in [1.807, 2.05) is 30.3 Å². The monoisotopic (exact) mass is 747 g/mol. The van der Waals surface area contributed by atoms with Gasteiger partial charge >= 0.3 is 0 Å². The van der Waals surface area contributed by atoms with Gasteiger partial charge in [0.2, 0.25) is 17.7 Å². The van der Waals surface area contributed by atoms with Crippen LogP contribution in [0.4, 0.5) is 5.69 Å². The number of aromatic nitrogens is 1. The Morgan fingerprint density at radius 3 is 2.31 bits per heavy atom. The van der Waals surface area contributed by atoms with Crippen LogP contribution >= 0.6 is 39.1 Å². The fourth-order valence-electron chi connectivity index (χ4n) is 8.29. The van der Waals surface area contributed by atoms with Gasteiger partial charge in [-0.2, -0.15) is 0 Å². The number of hydrogen-bond donors (Lipinski definition) is 1. The van der Waals surface area contributed by atoms with Crippen molar-refractivity contribution >= 4 is 79.5 Å². The van der Waals surface area contributed by atoms with Gasteiger partial charge in [0.05, 0.1) is 23.0 Å². The Hall–Kier alpha value is -3.99. The van der Waals surface area contributed by atoms with Crippen LogP contribution in [0.15, 0.2) is 76.7 Å². The Bertz CT molecular complexity index is 2080. The first kappa shape index (κ1) is 31.3. The summed E-state index contributed by atoms with van der Waals surface area (Å²) < 4.78 is 5.89. The third-order valence-corrected chi connectivity index (χ3v) is 12.4. The molecule has 8 rings (SSSR count). The molecule has 3 fully saturated rings. The van der Waals surface area contributed by atoms with Crippen molar-refractivity contribution in [1.82, 2.24) is 9.88 Å². The van der Waals surface area contributed by atoms with Crippen molar-refractivity contribution < 1.29 is 28.7 Å². The van der Waals surface area contributed by atoms with Gasteiger partial charge in [-0.3, -0.25) is 29.0 Å². The Morgan fingerprint density at radius 2 is 1.65 bits per heavy atom. The van der Waals surface area contributed by atoms with E-state index in [0.717, 1.165) is 10.4 Å². The number of aryl methyl sites for hydroxylation is 2. The molecule has 1 N–H and O–H groups in total. The van der Waals surface area contributed by atoms with Crippen LogP contribution in [0.3, 0.4) is 0 Å². The maximum atomic E-state index is 14.4. The predicted molar refractivity (Wildman–Crippen MR) is 183 cm³/mol. The zero-order valence-corrected chi connectivity index (χ0v) is 28.8. The van der Waals surface area contributed by atoms with Crippen LogP contribution in [0.2, 0.25) is 0 Å². The van der Waals surface area contributed by atoms with Crippen molar-refractivity contribution in [1.29, 1.82) is 0 Å². The molecule has 2 aliphatic carbocycles. The van der Waals surface area contributed by atoms with Crippen LogP contribution in [-0.4, -0.2) is 53.8 Å². The quantitative estimate of drug-likeness (QED) is 0.106. The molecule has 0 radical (unpaired) electrons. The minimum Gasteiger partial charge on any atom is -0.507 e. The van der Waals surface area contributed by atoms with E-state index in [4.69, 9.17) is 27.6 Å². The summed E-state index contributed by atoms with van der Waals surface area (Å²) in [6.45, 7) is 3.48. The Labute approximate surface area is 293 Å². The number of carbonyl (C=O) groups excluding carboxylic acids is 4. The third kappa shape index (κ3) is 4.05. The van der Waals surface area contributed by atoms with E-state index in [2.05, 4.69) is 20.9 Å². The second-order valence-corrected chi connectivity index (χ2v) is 14.8. The van der Waals surface area contributed by atoms with Gasteiger partial charge in [-0.25, -0.2) is 4.98 Å². The number of imide groups is 2. The number of carbonyl (C=O) groups is 4. The van der Waals surface area contributed by atoms with E-state index in [-0.39, 0.29) is 30.0 Å². The molecule has 244 valence electrons. The van der Waals surface area contributed by atoms with Crippen molar-refractivity contribution in [2.45, 2.75) is 42.4 Å². The number of likely N-dealkylation sites (tertiary alicyclic amines) is 1. The van der Waals surface area contributed by atoms with Gasteiger partial charge in [-0.15, -0.1) is 23.2 Å². The van der Waals surface area contributed by atoms with Crippen molar-refractivity contribution in [3.63, 3.8) is 0 Å². The van der Waals surface area contributed by atoms with Crippen LogP contribution in [-0.2, 0) is 19.2 Å². The Kier molecular flexibility index (Phi) is 7.01. The summed E-state index contributed by atoms with van der Waals surface area (Å²) in [4.78, 5) is 59.2. The summed E-state index contributed by atoms with van der Waals surface area (Å²) in [5, 5.41) is 10.6. The molecular weight excluding hydrogens is 721 g/mol. The highest BCUT2D eigenvalue weighted by atomic mass is 79.9. The topological polar surface area (TPSA) is 121 Å². The molecule has 3 aromatic carbocycles. The number of para-hydroxylation sites is 2. The summed E-state index contributed by atoms with van der Waals surface area (Å²) in [6, 6.07) is 17.8. The number of anilines is 1. The molecule has 48 heavy (non-hydrogen) atoms. The van der Waals surface area contributed by atoms with E-state index < -0.39 is 51.1 Å². The zero-order valence-electron chi connectivity index (χ0n) is 25.7. The number of benzene rings is 3. The fourth-order valence-corrected chi connectivity index (χ4v) is 9.71. The van der Waals surface area contributed by atoms with Crippen molar-refractivity contribution in [2.75, 3.05) is 10.4 Å². The number of aromatic hydroxyl groups is 1. The highest BCUT2D eigenvalue weighted by molar-refractivity contribution is 9.09. The van der Waals surface area contributed by atoms with E-state index in [0.29, 0.717) is 45.0 Å². The van der Waals surface area contributed by atoms with E-state index in [1.54, 1.807) is 50.2 Å². The summed E-state index contributed by atoms with van der Waals surface area (Å²) >= 11 is 17.9. The number of amides is 4. The average Bonchev–Trinajstić information content (AvgIpc) is 3.66. The first-order valence-corrected chi connectivity index (χ1v) is 17.4. The number of oxazole rings is 1. The molecule has 4 aromatic rings. The lowest BCUT2D eigenvalue weighted by Gasteiger charge is -2.51. The lowest BCUT2D eigenvalue weighted by Crippen LogP contribution is -2.60. The number of phenolic OH excluding ortho intramolecular Hbond substituents is 1. The van der Waals surface area contributed by atoms with Gasteiger partial charge < -0.3 is 9.52 Å². The number of allylic oxidation sites excluding steroid dienone is 2. The molecule has 12 heteroatoms. The number of nitrogens with zero attached hydrogens (tertiary/aromatic N) is 3. The number of halogens is 3. The summed E-state index contributed by atoms with van der Waals surface area (Å²) in [5.74, 6) is -4.56. The lowest BCUT2D eigenvalue weighted by atomic mass is 9.56. The van der Waals surface area contributed by atoms with Gasteiger partial charge in [0.25, 0.3) is 11.8 Å². The van der Waals surface area contributed by atoms with E-state index >= 15 is 0 Å². The normalized spacial score (nSPS) is 29.7. The van der Waals surface area contributed by atoms with Crippen LogP contribution in [0.5, 0.6) is 5.75 Å². The predicted octanol–water partition coefficient (Wildman–Crippen LogP) is 6.73. The number of hydrogen-bond acceptors (Lipinski definition) is 7. The first-order valence-electron chi connectivity index (χ1n) is 15.5. The molecule has 0 spiro atoms. The number of alkyl halides is 3. The smallest absolute Gasteiger partial charge is 0.254 e. The highest BCUT2D eigenvalue weighted by Gasteiger charge is 2.76. The van der Waals surface area contributed by atoms with Crippen LogP contribution in [0.1, 0.15) is 35.4 Å². The highest BCUT2D eigenvalue weighted by Crippen LogP contribution is 2.65. The molecule has 3 heterocycles. The lowest BCUT2D eigenvalue weighted by molar-refractivity contribution is -0.138. The second kappa shape index (κ2) is 10.8. The van der Waals surface area contributed by atoms with Gasteiger partial charge in [0, 0.05) is 11.5 Å². The van der Waals surface area contributed by atoms with Gasteiger partial charge in [0.15, 0.2) is 15.3 Å². The van der Waals surface area contributed by atoms with E-state index in [9.17, 15) is 24.3 Å². The minimum absolute atomic E-state index is 0.102. The standard InChI is InChI=1S/C36H28BrCl2N3O6/c1-17-13-20(14-18(2)29(17)43)28-22-11-12-23-27(24(22)15-35(38)33(46)41(16-37)34(47)36(28,35)39)32(45)42(31(23)44)21-9-7-19(8-10-21)30-40-25-5-3-4-6-26(25)48-30/h3-11,13-14,23-24,27-28,43H,12,15-16H2,1-2H3/t23-,24+,27-,28-,35+,36-/m0/s1. The van der Waals surface area contributed by atoms with Gasteiger partial charge in [-0.1, -0.05) is 51.8 Å².